The maximum absolute atomic E-state index is 5.51. The highest BCUT2D eigenvalue weighted by atomic mass is 32.1. The van der Waals surface area contributed by atoms with Gasteiger partial charge in [0, 0.05) is 16.3 Å². The number of nitrogens with one attached hydrogen (secondary N) is 1. The molecule has 0 saturated heterocycles. The zero-order valence-corrected chi connectivity index (χ0v) is 10.6. The molecule has 0 spiro atoms. The summed E-state index contributed by atoms with van der Waals surface area (Å²) in [5, 5.41) is 3.48. The van der Waals surface area contributed by atoms with Gasteiger partial charge < -0.3 is 11.1 Å². The van der Waals surface area contributed by atoms with Crippen molar-refractivity contribution in [2.75, 3.05) is 13.1 Å². The number of rotatable bonds is 7. The fraction of sp³-hybridized carbons (Fsp3) is 0.667. The summed E-state index contributed by atoms with van der Waals surface area (Å²) in [6, 6.07) is 4.45. The smallest absolute Gasteiger partial charge is 0.0299 e. The number of thiophene rings is 1. The van der Waals surface area contributed by atoms with Crippen molar-refractivity contribution in [1.82, 2.24) is 5.32 Å². The Hall–Kier alpha value is -0.380. The van der Waals surface area contributed by atoms with Gasteiger partial charge in [0.05, 0.1) is 0 Å². The molecule has 1 unspecified atom stereocenters. The van der Waals surface area contributed by atoms with E-state index in [-0.39, 0.29) is 0 Å². The number of nitrogens with two attached hydrogens (primary N) is 1. The highest BCUT2D eigenvalue weighted by Gasteiger charge is 2.01. The van der Waals surface area contributed by atoms with Gasteiger partial charge in [-0.3, -0.25) is 0 Å². The summed E-state index contributed by atoms with van der Waals surface area (Å²) < 4.78 is 0. The van der Waals surface area contributed by atoms with Gasteiger partial charge in [-0.2, -0.15) is 0 Å². The molecule has 15 heavy (non-hydrogen) atoms. The molecule has 3 N–H and O–H groups in total. The standard InChI is InChI=1S/C12H22N2S/c1-3-11-4-5-12(15-11)9-14-8-10(2)6-7-13/h4-5,10,14H,3,6-9,13H2,1-2H3. The first-order valence-electron chi connectivity index (χ1n) is 5.74. The van der Waals surface area contributed by atoms with Crippen LogP contribution < -0.4 is 11.1 Å². The summed E-state index contributed by atoms with van der Waals surface area (Å²) in [6.07, 6.45) is 2.26. The van der Waals surface area contributed by atoms with E-state index in [1.807, 2.05) is 11.3 Å². The first-order valence-corrected chi connectivity index (χ1v) is 6.56. The van der Waals surface area contributed by atoms with Crippen LogP contribution in [-0.4, -0.2) is 13.1 Å². The van der Waals surface area contributed by atoms with Crippen LogP contribution in [0.4, 0.5) is 0 Å². The van der Waals surface area contributed by atoms with Crippen LogP contribution >= 0.6 is 11.3 Å². The summed E-state index contributed by atoms with van der Waals surface area (Å²) in [6.45, 7) is 7.30. The summed E-state index contributed by atoms with van der Waals surface area (Å²) in [7, 11) is 0. The van der Waals surface area contributed by atoms with E-state index >= 15 is 0 Å². The maximum Gasteiger partial charge on any atom is 0.0299 e. The lowest BCUT2D eigenvalue weighted by molar-refractivity contribution is 0.488. The predicted octanol–water partition coefficient (Wildman–Crippen LogP) is 2.39. The Labute approximate surface area is 96.9 Å². The molecule has 0 aliphatic heterocycles. The van der Waals surface area contributed by atoms with E-state index in [0.717, 1.165) is 32.5 Å². The third-order valence-electron chi connectivity index (χ3n) is 2.52. The number of hydrogen-bond acceptors (Lipinski definition) is 3. The molecule has 86 valence electrons. The predicted molar refractivity (Wildman–Crippen MR) is 68.2 cm³/mol. The van der Waals surface area contributed by atoms with Crippen LogP contribution in [0.2, 0.25) is 0 Å². The molecule has 0 aliphatic rings. The first kappa shape index (κ1) is 12.7. The Bertz CT molecular complexity index is 270. The summed E-state index contributed by atoms with van der Waals surface area (Å²) in [4.78, 5) is 2.91. The minimum absolute atomic E-state index is 0.681. The molecule has 0 bridgehead atoms. The highest BCUT2D eigenvalue weighted by molar-refractivity contribution is 7.11. The largest absolute Gasteiger partial charge is 0.330 e. The van der Waals surface area contributed by atoms with E-state index in [1.165, 1.54) is 9.75 Å². The molecular formula is C12H22N2S. The van der Waals surface area contributed by atoms with Crippen molar-refractivity contribution >= 4 is 11.3 Å². The van der Waals surface area contributed by atoms with Crippen LogP contribution in [0.25, 0.3) is 0 Å². The van der Waals surface area contributed by atoms with Crippen LogP contribution in [0.1, 0.15) is 30.0 Å². The maximum atomic E-state index is 5.51. The molecule has 1 atom stereocenters. The zero-order valence-electron chi connectivity index (χ0n) is 9.75. The van der Waals surface area contributed by atoms with Crippen LogP contribution in [-0.2, 0) is 13.0 Å². The Morgan fingerprint density at radius 3 is 2.73 bits per heavy atom. The Morgan fingerprint density at radius 1 is 1.40 bits per heavy atom. The second-order valence-corrected chi connectivity index (χ2v) is 5.29. The van der Waals surface area contributed by atoms with Gasteiger partial charge in [0.2, 0.25) is 0 Å². The molecule has 1 heterocycles. The molecule has 0 aliphatic carbocycles. The first-order chi connectivity index (χ1) is 7.26. The van der Waals surface area contributed by atoms with E-state index in [9.17, 15) is 0 Å². The molecule has 0 aromatic carbocycles. The van der Waals surface area contributed by atoms with Gasteiger partial charge in [-0.05, 0) is 44.0 Å². The molecule has 1 aromatic rings. The summed E-state index contributed by atoms with van der Waals surface area (Å²) in [5.74, 6) is 0.681. The monoisotopic (exact) mass is 226 g/mol. The van der Waals surface area contributed by atoms with Crippen molar-refractivity contribution < 1.29 is 0 Å². The van der Waals surface area contributed by atoms with Crippen LogP contribution in [0.3, 0.4) is 0 Å². The van der Waals surface area contributed by atoms with E-state index < -0.39 is 0 Å². The van der Waals surface area contributed by atoms with Crippen LogP contribution in [0, 0.1) is 5.92 Å². The van der Waals surface area contributed by atoms with Gasteiger partial charge >= 0.3 is 0 Å². The minimum Gasteiger partial charge on any atom is -0.330 e. The minimum atomic E-state index is 0.681. The molecule has 2 nitrogen and oxygen atoms in total. The molecule has 1 aromatic heterocycles. The molecule has 1 rings (SSSR count). The highest BCUT2D eigenvalue weighted by Crippen LogP contribution is 2.16. The third-order valence-corrected chi connectivity index (χ3v) is 3.75. The van der Waals surface area contributed by atoms with Gasteiger partial charge in [0.1, 0.15) is 0 Å². The lowest BCUT2D eigenvalue weighted by Gasteiger charge is -2.10. The Kier molecular flexibility index (Phi) is 5.91. The normalized spacial score (nSPS) is 13.0. The fourth-order valence-corrected chi connectivity index (χ4v) is 2.46. The molecular weight excluding hydrogens is 204 g/mol. The molecule has 0 saturated carbocycles. The summed E-state index contributed by atoms with van der Waals surface area (Å²) in [5.41, 5.74) is 5.51. The van der Waals surface area contributed by atoms with Crippen molar-refractivity contribution in [3.63, 3.8) is 0 Å². The van der Waals surface area contributed by atoms with Crippen molar-refractivity contribution in [3.05, 3.63) is 21.9 Å². The van der Waals surface area contributed by atoms with E-state index in [2.05, 4.69) is 31.3 Å². The molecule has 3 heteroatoms. The van der Waals surface area contributed by atoms with Gasteiger partial charge in [-0.25, -0.2) is 0 Å². The topological polar surface area (TPSA) is 38.0 Å². The number of hydrogen-bond donors (Lipinski definition) is 2. The number of aryl methyl sites for hydroxylation is 1. The molecule has 0 fully saturated rings. The molecule has 0 radical (unpaired) electrons. The Balaban J connectivity index is 2.19. The average molecular weight is 226 g/mol. The Morgan fingerprint density at radius 2 is 2.13 bits per heavy atom. The SMILES string of the molecule is CCc1ccc(CNCC(C)CCN)s1. The van der Waals surface area contributed by atoms with Gasteiger partial charge in [-0.15, -0.1) is 11.3 Å². The van der Waals surface area contributed by atoms with Crippen molar-refractivity contribution in [3.8, 4) is 0 Å². The second-order valence-electron chi connectivity index (χ2n) is 4.03. The van der Waals surface area contributed by atoms with Crippen LogP contribution in [0.5, 0.6) is 0 Å². The van der Waals surface area contributed by atoms with E-state index in [0.29, 0.717) is 5.92 Å². The average Bonchev–Trinajstić information content (AvgIpc) is 2.66. The zero-order chi connectivity index (χ0) is 11.1. The van der Waals surface area contributed by atoms with E-state index in [4.69, 9.17) is 5.73 Å². The van der Waals surface area contributed by atoms with Crippen molar-refractivity contribution in [2.24, 2.45) is 11.7 Å². The van der Waals surface area contributed by atoms with E-state index in [1.54, 1.807) is 0 Å². The van der Waals surface area contributed by atoms with Gasteiger partial charge in [0.15, 0.2) is 0 Å². The van der Waals surface area contributed by atoms with Crippen molar-refractivity contribution in [1.29, 1.82) is 0 Å². The summed E-state index contributed by atoms with van der Waals surface area (Å²) >= 11 is 1.91. The fourth-order valence-electron chi connectivity index (χ4n) is 1.54. The molecule has 0 amide bonds. The third kappa shape index (κ3) is 4.78. The van der Waals surface area contributed by atoms with Crippen molar-refractivity contribution in [2.45, 2.75) is 33.2 Å². The van der Waals surface area contributed by atoms with Crippen LogP contribution in [0.15, 0.2) is 12.1 Å². The quantitative estimate of drug-likeness (QED) is 0.749. The van der Waals surface area contributed by atoms with Gasteiger partial charge in [0.25, 0.3) is 0 Å². The second kappa shape index (κ2) is 6.99. The lowest BCUT2D eigenvalue weighted by atomic mass is 10.1. The van der Waals surface area contributed by atoms with Gasteiger partial charge in [-0.1, -0.05) is 13.8 Å². The lowest BCUT2D eigenvalue weighted by Crippen LogP contribution is -2.22.